The van der Waals surface area contributed by atoms with Crippen molar-refractivity contribution < 1.29 is 0 Å². The Balaban J connectivity index is 2.23. The van der Waals surface area contributed by atoms with Crippen LogP contribution in [0.4, 0.5) is 0 Å². The molecule has 0 spiro atoms. The van der Waals surface area contributed by atoms with Gasteiger partial charge in [-0.25, -0.2) is 0 Å². The Morgan fingerprint density at radius 3 is 2.60 bits per heavy atom. The van der Waals surface area contributed by atoms with Crippen molar-refractivity contribution in [1.82, 2.24) is 4.57 Å². The highest BCUT2D eigenvalue weighted by Gasteiger charge is 2.13. The maximum atomic E-state index is 2.32. The smallest absolute Gasteiger partial charge is 0.0567 e. The second-order valence-corrected chi connectivity index (χ2v) is 4.98. The molecule has 0 bridgehead atoms. The van der Waals surface area contributed by atoms with Gasteiger partial charge in [-0.3, -0.25) is 0 Å². The first kappa shape index (κ1) is 8.94. The van der Waals surface area contributed by atoms with Crippen molar-refractivity contribution in [2.45, 2.75) is 5.92 Å². The molecule has 1 nitrogen and oxygen atoms in total. The van der Waals surface area contributed by atoms with Gasteiger partial charge in [0.25, 0.3) is 0 Å². The molecule has 1 aliphatic rings. The lowest BCUT2D eigenvalue weighted by atomic mass is 10.2. The Bertz CT molecular complexity index is 551. The Kier molecular flexibility index (Phi) is 2.00. The fourth-order valence-corrected chi connectivity index (χ4v) is 3.39. The zero-order chi connectivity index (χ0) is 10.3. The van der Waals surface area contributed by atoms with Gasteiger partial charge in [-0.05, 0) is 20.3 Å². The zero-order valence-electron chi connectivity index (χ0n) is 8.59. The highest BCUT2D eigenvalue weighted by molar-refractivity contribution is 7.37. The van der Waals surface area contributed by atoms with Crippen LogP contribution in [0.5, 0.6) is 0 Å². The van der Waals surface area contributed by atoms with Crippen molar-refractivity contribution in [2.75, 3.05) is 0 Å². The van der Waals surface area contributed by atoms with E-state index in [9.17, 15) is 0 Å². The first-order valence-electron chi connectivity index (χ1n) is 5.12. The number of hydrogen-bond acceptors (Lipinski definition) is 0. The van der Waals surface area contributed by atoms with Crippen molar-refractivity contribution in [3.8, 4) is 0 Å². The van der Waals surface area contributed by atoms with Crippen molar-refractivity contribution in [2.24, 2.45) is 7.05 Å². The molecule has 0 atom stereocenters. The topological polar surface area (TPSA) is 4.93 Å². The molecule has 0 amide bonds. The molecule has 1 aliphatic carbocycles. The number of benzene rings is 1. The van der Waals surface area contributed by atoms with Crippen molar-refractivity contribution in [3.05, 3.63) is 54.0 Å². The highest BCUT2D eigenvalue weighted by Crippen LogP contribution is 2.36. The van der Waals surface area contributed by atoms with Crippen LogP contribution in [-0.4, -0.2) is 4.57 Å². The minimum atomic E-state index is 0.490. The van der Waals surface area contributed by atoms with Gasteiger partial charge >= 0.3 is 0 Å². The average molecular weight is 213 g/mol. The second kappa shape index (κ2) is 3.36. The van der Waals surface area contributed by atoms with Crippen LogP contribution in [0.2, 0.25) is 0 Å². The molecule has 0 saturated heterocycles. The summed E-state index contributed by atoms with van der Waals surface area (Å²) in [7, 11) is 3.51. The van der Waals surface area contributed by atoms with E-state index in [1.165, 1.54) is 24.3 Å². The molecule has 2 aromatic rings. The van der Waals surface area contributed by atoms with Crippen molar-refractivity contribution >= 4 is 18.8 Å². The quantitative estimate of drug-likeness (QED) is 0.675. The maximum absolute atomic E-state index is 2.32. The van der Waals surface area contributed by atoms with Gasteiger partial charge in [-0.1, -0.05) is 36.4 Å². The van der Waals surface area contributed by atoms with Crippen LogP contribution in [0.15, 0.2) is 48.6 Å². The molecule has 1 aromatic heterocycles. The number of hydrogen-bond donors (Lipinski definition) is 0. The van der Waals surface area contributed by atoms with Gasteiger partial charge < -0.3 is 4.57 Å². The SMILES string of the molecule is Cn1c(C2C=CC=C2)pc2ccccc21. The van der Waals surface area contributed by atoms with E-state index in [1.54, 1.807) is 0 Å². The number of aromatic nitrogens is 1. The molecule has 2 heteroatoms. The van der Waals surface area contributed by atoms with E-state index in [2.05, 4.69) is 60.2 Å². The lowest BCUT2D eigenvalue weighted by Crippen LogP contribution is -1.97. The van der Waals surface area contributed by atoms with Gasteiger partial charge in [0.05, 0.1) is 10.9 Å². The normalized spacial score (nSPS) is 16.1. The summed E-state index contributed by atoms with van der Waals surface area (Å²) in [4.78, 5) is 0. The molecule has 0 aliphatic heterocycles. The van der Waals surface area contributed by atoms with E-state index in [0.717, 1.165) is 0 Å². The molecular weight excluding hydrogens is 201 g/mol. The lowest BCUT2D eigenvalue weighted by molar-refractivity contribution is 0.871. The third kappa shape index (κ3) is 1.35. The zero-order valence-corrected chi connectivity index (χ0v) is 9.49. The number of allylic oxidation sites excluding steroid dienone is 4. The predicted molar refractivity (Wildman–Crippen MR) is 66.5 cm³/mol. The van der Waals surface area contributed by atoms with E-state index in [-0.39, 0.29) is 0 Å². The van der Waals surface area contributed by atoms with Crippen LogP contribution in [0.1, 0.15) is 11.3 Å². The predicted octanol–water partition coefficient (Wildman–Crippen LogP) is 3.97. The van der Waals surface area contributed by atoms with Crippen LogP contribution in [-0.2, 0) is 7.05 Å². The summed E-state index contributed by atoms with van der Waals surface area (Å²) < 4.78 is 2.32. The van der Waals surface area contributed by atoms with Crippen LogP contribution in [0.3, 0.4) is 0 Å². The highest BCUT2D eigenvalue weighted by atomic mass is 31.0. The summed E-state index contributed by atoms with van der Waals surface area (Å²) in [6.07, 6.45) is 8.77. The molecule has 0 radical (unpaired) electrons. The number of para-hydroxylation sites is 1. The second-order valence-electron chi connectivity index (χ2n) is 3.81. The minimum Gasteiger partial charge on any atom is -0.343 e. The number of rotatable bonds is 1. The van der Waals surface area contributed by atoms with Crippen molar-refractivity contribution in [1.29, 1.82) is 0 Å². The van der Waals surface area contributed by atoms with Gasteiger partial charge in [0, 0.05) is 18.1 Å². The number of nitrogens with zero attached hydrogens (tertiary/aromatic N) is 1. The molecule has 1 heterocycles. The van der Waals surface area contributed by atoms with Gasteiger partial charge in [0.1, 0.15) is 0 Å². The summed E-state index contributed by atoms with van der Waals surface area (Å²) in [5.74, 6) is 0.490. The summed E-state index contributed by atoms with van der Waals surface area (Å²) in [6.45, 7) is 0. The summed E-state index contributed by atoms with van der Waals surface area (Å²) >= 11 is 0. The van der Waals surface area contributed by atoms with Crippen molar-refractivity contribution in [3.63, 3.8) is 0 Å². The van der Waals surface area contributed by atoms with Crippen LogP contribution in [0, 0.1) is 0 Å². The van der Waals surface area contributed by atoms with E-state index >= 15 is 0 Å². The Morgan fingerprint density at radius 2 is 1.87 bits per heavy atom. The summed E-state index contributed by atoms with van der Waals surface area (Å²) in [5, 5.41) is 1.42. The molecular formula is C13H12NP. The molecule has 0 unspecified atom stereocenters. The standard InChI is InChI=1S/C13H12NP/c1-14-11-8-4-5-9-12(11)15-13(14)10-6-2-3-7-10/h2-10H,1H3. The Morgan fingerprint density at radius 1 is 1.13 bits per heavy atom. The number of aryl methyl sites for hydroxylation is 1. The molecule has 15 heavy (non-hydrogen) atoms. The third-order valence-corrected chi connectivity index (χ3v) is 4.31. The molecule has 0 saturated carbocycles. The third-order valence-electron chi connectivity index (χ3n) is 2.87. The first-order valence-corrected chi connectivity index (χ1v) is 6.02. The largest absolute Gasteiger partial charge is 0.343 e. The van der Waals surface area contributed by atoms with Crippen LogP contribution >= 0.6 is 8.19 Å². The molecule has 0 N–H and O–H groups in total. The first-order chi connectivity index (χ1) is 7.36. The fourth-order valence-electron chi connectivity index (χ4n) is 2.07. The van der Waals surface area contributed by atoms with Gasteiger partial charge in [0.2, 0.25) is 0 Å². The average Bonchev–Trinajstić information content (AvgIpc) is 2.87. The molecule has 74 valence electrons. The Hall–Kier alpha value is -1.33. The summed E-state index contributed by atoms with van der Waals surface area (Å²) in [5.41, 5.74) is 2.81. The van der Waals surface area contributed by atoms with Gasteiger partial charge in [-0.15, -0.1) is 0 Å². The van der Waals surface area contributed by atoms with Gasteiger partial charge in [0.15, 0.2) is 0 Å². The summed E-state index contributed by atoms with van der Waals surface area (Å²) in [6, 6.07) is 8.62. The van der Waals surface area contributed by atoms with E-state index in [1.807, 2.05) is 0 Å². The van der Waals surface area contributed by atoms with E-state index in [4.69, 9.17) is 0 Å². The number of fused-ring (bicyclic) bond motifs is 1. The molecule has 1 aromatic carbocycles. The van der Waals surface area contributed by atoms with E-state index in [0.29, 0.717) is 5.92 Å². The monoisotopic (exact) mass is 213 g/mol. The van der Waals surface area contributed by atoms with Crippen LogP contribution < -0.4 is 0 Å². The Labute approximate surface area is 90.8 Å². The fraction of sp³-hybridized carbons (Fsp3) is 0.154. The van der Waals surface area contributed by atoms with Gasteiger partial charge in [-0.2, -0.15) is 0 Å². The van der Waals surface area contributed by atoms with E-state index < -0.39 is 0 Å². The lowest BCUT2D eigenvalue weighted by Gasteiger charge is -2.06. The molecule has 0 fully saturated rings. The minimum absolute atomic E-state index is 0.490. The maximum Gasteiger partial charge on any atom is 0.0567 e. The van der Waals surface area contributed by atoms with Crippen LogP contribution in [0.25, 0.3) is 10.6 Å². The molecule has 3 rings (SSSR count).